The van der Waals surface area contributed by atoms with E-state index in [-0.39, 0.29) is 12.5 Å². The molecule has 2 aromatic carbocycles. The number of aryl methyl sites for hydroxylation is 1. The summed E-state index contributed by atoms with van der Waals surface area (Å²) in [4.78, 5) is 12.8. The van der Waals surface area contributed by atoms with E-state index in [1.54, 1.807) is 16.6 Å². The van der Waals surface area contributed by atoms with Gasteiger partial charge in [0.05, 0.1) is 0 Å². The van der Waals surface area contributed by atoms with E-state index in [9.17, 15) is 4.79 Å². The van der Waals surface area contributed by atoms with E-state index >= 15 is 0 Å². The number of hydrogen-bond acceptors (Lipinski definition) is 6. The van der Waals surface area contributed by atoms with Gasteiger partial charge in [-0.1, -0.05) is 41.7 Å². The normalized spacial score (nSPS) is 10.8. The van der Waals surface area contributed by atoms with Crippen LogP contribution < -0.4 is 10.1 Å². The predicted molar refractivity (Wildman–Crippen MR) is 98.6 cm³/mol. The maximum atomic E-state index is 12.2. The van der Waals surface area contributed by atoms with Gasteiger partial charge in [-0.05, 0) is 36.8 Å². The van der Waals surface area contributed by atoms with Crippen molar-refractivity contribution >= 4 is 27.3 Å². The van der Waals surface area contributed by atoms with Crippen LogP contribution in [0.5, 0.6) is 5.75 Å². The van der Waals surface area contributed by atoms with Gasteiger partial charge in [-0.15, -0.1) is 15.3 Å². The third-order valence-electron chi connectivity index (χ3n) is 3.67. The molecular formula is C18H15N5O2S. The highest BCUT2D eigenvalue weighted by Crippen LogP contribution is 2.20. The van der Waals surface area contributed by atoms with E-state index in [4.69, 9.17) is 4.74 Å². The highest BCUT2D eigenvalue weighted by Gasteiger charge is 2.14. The molecule has 0 saturated heterocycles. The van der Waals surface area contributed by atoms with Crippen LogP contribution in [0, 0.1) is 6.92 Å². The molecule has 2 heterocycles. The molecule has 0 saturated carbocycles. The Bertz CT molecular complexity index is 1060. The molecule has 0 radical (unpaired) electrons. The Morgan fingerprint density at radius 1 is 1.15 bits per heavy atom. The number of aromatic nitrogens is 4. The summed E-state index contributed by atoms with van der Waals surface area (Å²) in [6.07, 6.45) is 0. The maximum Gasteiger partial charge on any atom is 0.257 e. The third-order valence-corrected chi connectivity index (χ3v) is 4.48. The number of fused-ring (bicyclic) bond motifs is 1. The summed E-state index contributed by atoms with van der Waals surface area (Å²) in [5.74, 6) is 1.11. The number of amides is 1. The first-order valence-electron chi connectivity index (χ1n) is 7.96. The van der Waals surface area contributed by atoms with Crippen molar-refractivity contribution in [3.8, 4) is 5.75 Å². The molecule has 0 bridgehead atoms. The fraction of sp³-hybridized carbons (Fsp3) is 0.111. The molecule has 0 atom stereocenters. The molecule has 0 unspecified atom stereocenters. The Labute approximate surface area is 153 Å². The zero-order valence-corrected chi connectivity index (χ0v) is 14.7. The number of nitrogens with zero attached hydrogens (tertiary/aromatic N) is 4. The molecule has 0 aliphatic heterocycles. The third kappa shape index (κ3) is 3.40. The van der Waals surface area contributed by atoms with Crippen molar-refractivity contribution in [1.82, 2.24) is 19.8 Å². The van der Waals surface area contributed by atoms with Crippen LogP contribution >= 0.6 is 11.3 Å². The average molecular weight is 365 g/mol. The van der Waals surface area contributed by atoms with E-state index in [0.717, 1.165) is 11.3 Å². The number of hydrogen-bond donors (Lipinski definition) is 1. The van der Waals surface area contributed by atoms with Crippen LogP contribution in [0.1, 0.15) is 21.7 Å². The fourth-order valence-electron chi connectivity index (χ4n) is 2.41. The smallest absolute Gasteiger partial charge is 0.257 e. The van der Waals surface area contributed by atoms with Crippen LogP contribution in [-0.2, 0) is 6.61 Å². The summed E-state index contributed by atoms with van der Waals surface area (Å²) < 4.78 is 7.34. The molecule has 1 amide bonds. The van der Waals surface area contributed by atoms with E-state index in [1.807, 2.05) is 49.4 Å². The molecule has 4 rings (SSSR count). The quantitative estimate of drug-likeness (QED) is 0.587. The molecular weight excluding hydrogens is 350 g/mol. The van der Waals surface area contributed by atoms with Crippen molar-refractivity contribution in [1.29, 1.82) is 0 Å². The zero-order valence-electron chi connectivity index (χ0n) is 13.9. The van der Waals surface area contributed by atoms with Crippen molar-refractivity contribution in [2.45, 2.75) is 13.5 Å². The highest BCUT2D eigenvalue weighted by molar-refractivity contribution is 7.20. The molecule has 8 heteroatoms. The van der Waals surface area contributed by atoms with Crippen molar-refractivity contribution in [2.75, 3.05) is 5.32 Å². The largest absolute Gasteiger partial charge is 0.486 e. The lowest BCUT2D eigenvalue weighted by Crippen LogP contribution is -2.12. The summed E-state index contributed by atoms with van der Waals surface area (Å²) >= 11 is 1.26. The minimum absolute atomic E-state index is 0.215. The molecule has 1 N–H and O–H groups in total. The highest BCUT2D eigenvalue weighted by atomic mass is 32.1. The summed E-state index contributed by atoms with van der Waals surface area (Å²) in [7, 11) is 0. The van der Waals surface area contributed by atoms with E-state index in [2.05, 4.69) is 20.6 Å². The number of benzene rings is 2. The number of rotatable bonds is 5. The van der Waals surface area contributed by atoms with Crippen LogP contribution in [0.4, 0.5) is 5.13 Å². The van der Waals surface area contributed by atoms with Crippen LogP contribution in [0.15, 0.2) is 54.6 Å². The minimum Gasteiger partial charge on any atom is -0.486 e. The topological polar surface area (TPSA) is 81.4 Å². The number of carbonyl (C=O) groups is 1. The number of ether oxygens (including phenoxy) is 1. The number of carbonyl (C=O) groups excluding carboxylic acids is 1. The van der Waals surface area contributed by atoms with E-state index in [1.165, 1.54) is 11.3 Å². The van der Waals surface area contributed by atoms with Gasteiger partial charge in [-0.2, -0.15) is 4.52 Å². The van der Waals surface area contributed by atoms with Crippen LogP contribution in [0.2, 0.25) is 0 Å². The molecule has 0 spiro atoms. The molecule has 26 heavy (non-hydrogen) atoms. The zero-order chi connectivity index (χ0) is 17.9. The first-order valence-corrected chi connectivity index (χ1v) is 8.78. The van der Waals surface area contributed by atoms with Crippen LogP contribution in [0.3, 0.4) is 0 Å². The predicted octanol–water partition coefficient (Wildman–Crippen LogP) is 3.33. The first kappa shape index (κ1) is 16.2. The number of nitrogens with one attached hydrogen (secondary N) is 1. The second kappa shape index (κ2) is 6.93. The lowest BCUT2D eigenvalue weighted by Gasteiger charge is -2.04. The first-order chi connectivity index (χ1) is 12.7. The van der Waals surface area contributed by atoms with Crippen LogP contribution in [-0.4, -0.2) is 25.7 Å². The summed E-state index contributed by atoms with van der Waals surface area (Å²) in [5.41, 5.74) is 1.69. The second-order valence-corrected chi connectivity index (χ2v) is 6.60. The Morgan fingerprint density at radius 2 is 2.00 bits per heavy atom. The summed E-state index contributed by atoms with van der Waals surface area (Å²) in [5, 5.41) is 15.8. The lowest BCUT2D eigenvalue weighted by molar-refractivity contribution is 0.102. The second-order valence-electron chi connectivity index (χ2n) is 5.64. The molecule has 0 aliphatic rings. The summed E-state index contributed by atoms with van der Waals surface area (Å²) in [6.45, 7) is 2.24. The molecule has 7 nitrogen and oxygen atoms in total. The Morgan fingerprint density at radius 3 is 2.81 bits per heavy atom. The average Bonchev–Trinajstić information content (AvgIpc) is 3.21. The van der Waals surface area contributed by atoms with E-state index in [0.29, 0.717) is 21.5 Å². The summed E-state index contributed by atoms with van der Waals surface area (Å²) in [6, 6.07) is 16.8. The number of anilines is 1. The molecule has 0 fully saturated rings. The fourth-order valence-corrected chi connectivity index (χ4v) is 3.16. The van der Waals surface area contributed by atoms with Crippen molar-refractivity contribution < 1.29 is 9.53 Å². The van der Waals surface area contributed by atoms with Gasteiger partial charge in [-0.3, -0.25) is 10.1 Å². The van der Waals surface area contributed by atoms with Gasteiger partial charge in [0, 0.05) is 5.56 Å². The van der Waals surface area contributed by atoms with Gasteiger partial charge in [0.25, 0.3) is 5.91 Å². The molecule has 2 aromatic heterocycles. The Kier molecular flexibility index (Phi) is 4.32. The molecule has 130 valence electrons. The maximum absolute atomic E-state index is 12.2. The van der Waals surface area contributed by atoms with Crippen molar-refractivity contribution in [2.24, 2.45) is 0 Å². The van der Waals surface area contributed by atoms with Crippen molar-refractivity contribution in [3.63, 3.8) is 0 Å². The Balaban J connectivity index is 1.49. The van der Waals surface area contributed by atoms with Gasteiger partial charge in [0.1, 0.15) is 12.4 Å². The van der Waals surface area contributed by atoms with E-state index < -0.39 is 0 Å². The Hall–Kier alpha value is -3.26. The van der Waals surface area contributed by atoms with Gasteiger partial charge < -0.3 is 4.74 Å². The van der Waals surface area contributed by atoms with Gasteiger partial charge >= 0.3 is 0 Å². The van der Waals surface area contributed by atoms with Crippen molar-refractivity contribution in [3.05, 3.63) is 71.5 Å². The standard InChI is InChI=1S/C18H15N5O2S/c1-12-6-5-9-14(10-12)25-11-15-20-21-18-23(15)22-17(26-18)19-16(24)13-7-3-2-4-8-13/h2-10H,11H2,1H3,(H,19,22,24). The van der Waals surface area contributed by atoms with Crippen LogP contribution in [0.25, 0.3) is 4.96 Å². The molecule has 4 aromatic rings. The van der Waals surface area contributed by atoms with Gasteiger partial charge in [-0.25, -0.2) is 0 Å². The lowest BCUT2D eigenvalue weighted by atomic mass is 10.2. The minimum atomic E-state index is -0.215. The van der Waals surface area contributed by atoms with Gasteiger partial charge in [0.15, 0.2) is 5.82 Å². The van der Waals surface area contributed by atoms with Gasteiger partial charge in [0.2, 0.25) is 10.1 Å². The molecule has 0 aliphatic carbocycles. The SMILES string of the molecule is Cc1cccc(OCc2nnc3sc(NC(=O)c4ccccc4)nn23)c1. The monoisotopic (exact) mass is 365 g/mol.